The van der Waals surface area contributed by atoms with Crippen molar-refractivity contribution in [2.45, 2.75) is 58.4 Å². The Balaban J connectivity index is 1.94. The Bertz CT molecular complexity index is 396. The van der Waals surface area contributed by atoms with Crippen molar-refractivity contribution in [3.8, 4) is 0 Å². The van der Waals surface area contributed by atoms with E-state index in [1.165, 1.54) is 55.1 Å². The predicted octanol–water partition coefficient (Wildman–Crippen LogP) is 5.19. The largest absolute Gasteiger partial charge is 0.314 e. The SMILES string of the molecule is CCC(CC)CC(CNC1CC1)Cc1ccccc1Br. The second-order valence-electron chi connectivity index (χ2n) is 6.26. The minimum atomic E-state index is 0.763. The fourth-order valence-corrected chi connectivity index (χ4v) is 3.37. The van der Waals surface area contributed by atoms with Crippen molar-refractivity contribution < 1.29 is 0 Å². The van der Waals surface area contributed by atoms with Crippen molar-refractivity contribution in [2.24, 2.45) is 11.8 Å². The summed E-state index contributed by atoms with van der Waals surface area (Å²) in [7, 11) is 0. The van der Waals surface area contributed by atoms with Crippen LogP contribution in [0.15, 0.2) is 28.7 Å². The molecule has 1 aromatic rings. The highest BCUT2D eigenvalue weighted by Crippen LogP contribution is 2.26. The highest BCUT2D eigenvalue weighted by molar-refractivity contribution is 9.10. The standard InChI is InChI=1S/C18H28BrN/c1-3-14(4-2)11-15(13-20-17-9-10-17)12-16-7-5-6-8-18(16)19/h5-8,14-15,17,20H,3-4,9-13H2,1-2H3. The Morgan fingerprint density at radius 3 is 2.45 bits per heavy atom. The molecule has 2 rings (SSSR count). The predicted molar refractivity (Wildman–Crippen MR) is 91.0 cm³/mol. The number of hydrogen-bond acceptors (Lipinski definition) is 1. The van der Waals surface area contributed by atoms with Crippen LogP contribution < -0.4 is 5.32 Å². The van der Waals surface area contributed by atoms with E-state index in [1.807, 2.05) is 0 Å². The summed E-state index contributed by atoms with van der Waals surface area (Å²) in [5.41, 5.74) is 1.46. The molecule has 1 N–H and O–H groups in total. The van der Waals surface area contributed by atoms with Gasteiger partial charge in [-0.3, -0.25) is 0 Å². The number of hydrogen-bond donors (Lipinski definition) is 1. The third kappa shape index (κ3) is 5.21. The van der Waals surface area contributed by atoms with E-state index in [1.54, 1.807) is 0 Å². The van der Waals surface area contributed by atoms with Gasteiger partial charge in [0.25, 0.3) is 0 Å². The zero-order valence-corrected chi connectivity index (χ0v) is 14.5. The van der Waals surface area contributed by atoms with Crippen molar-refractivity contribution in [1.82, 2.24) is 5.32 Å². The van der Waals surface area contributed by atoms with Crippen LogP contribution >= 0.6 is 15.9 Å². The Hall–Kier alpha value is -0.340. The van der Waals surface area contributed by atoms with Gasteiger partial charge < -0.3 is 5.32 Å². The number of rotatable bonds is 9. The van der Waals surface area contributed by atoms with E-state index in [0.29, 0.717) is 0 Å². The quantitative estimate of drug-likeness (QED) is 0.654. The van der Waals surface area contributed by atoms with E-state index in [-0.39, 0.29) is 0 Å². The highest BCUT2D eigenvalue weighted by atomic mass is 79.9. The smallest absolute Gasteiger partial charge is 0.0207 e. The lowest BCUT2D eigenvalue weighted by molar-refractivity contribution is 0.337. The zero-order valence-electron chi connectivity index (χ0n) is 12.9. The third-order valence-electron chi connectivity index (χ3n) is 4.56. The van der Waals surface area contributed by atoms with E-state index < -0.39 is 0 Å². The van der Waals surface area contributed by atoms with Crippen LogP contribution in [0.3, 0.4) is 0 Å². The molecule has 1 fully saturated rings. The van der Waals surface area contributed by atoms with Gasteiger partial charge in [-0.05, 0) is 55.7 Å². The summed E-state index contributed by atoms with van der Waals surface area (Å²) in [6.45, 7) is 5.85. The summed E-state index contributed by atoms with van der Waals surface area (Å²) in [6, 6.07) is 9.51. The molecular formula is C18H28BrN. The van der Waals surface area contributed by atoms with Gasteiger partial charge in [0.15, 0.2) is 0 Å². The Labute approximate surface area is 132 Å². The molecule has 1 aromatic carbocycles. The molecule has 0 amide bonds. The van der Waals surface area contributed by atoms with Gasteiger partial charge >= 0.3 is 0 Å². The summed E-state index contributed by atoms with van der Waals surface area (Å²) in [5.74, 6) is 1.64. The maximum Gasteiger partial charge on any atom is 0.0207 e. The zero-order chi connectivity index (χ0) is 14.4. The molecule has 1 nitrogen and oxygen atoms in total. The van der Waals surface area contributed by atoms with Gasteiger partial charge in [0.1, 0.15) is 0 Å². The molecule has 1 saturated carbocycles. The molecule has 20 heavy (non-hydrogen) atoms. The second-order valence-corrected chi connectivity index (χ2v) is 7.12. The first-order valence-corrected chi connectivity index (χ1v) is 8.99. The Morgan fingerprint density at radius 1 is 1.15 bits per heavy atom. The van der Waals surface area contributed by atoms with Crippen molar-refractivity contribution >= 4 is 15.9 Å². The molecule has 2 heteroatoms. The molecule has 0 bridgehead atoms. The van der Waals surface area contributed by atoms with Crippen LogP contribution in [0, 0.1) is 11.8 Å². The lowest BCUT2D eigenvalue weighted by Crippen LogP contribution is -2.27. The molecule has 1 unspecified atom stereocenters. The van der Waals surface area contributed by atoms with Crippen LogP contribution in [0.4, 0.5) is 0 Å². The molecule has 0 saturated heterocycles. The number of nitrogens with one attached hydrogen (secondary N) is 1. The molecule has 0 spiro atoms. The van der Waals surface area contributed by atoms with Crippen LogP contribution in [0.25, 0.3) is 0 Å². The van der Waals surface area contributed by atoms with Crippen molar-refractivity contribution in [3.05, 3.63) is 34.3 Å². The maximum atomic E-state index is 3.73. The van der Waals surface area contributed by atoms with Gasteiger partial charge in [-0.25, -0.2) is 0 Å². The third-order valence-corrected chi connectivity index (χ3v) is 5.33. The van der Waals surface area contributed by atoms with Crippen LogP contribution in [-0.2, 0) is 6.42 Å². The van der Waals surface area contributed by atoms with E-state index in [2.05, 4.69) is 59.4 Å². The molecule has 1 atom stereocenters. The lowest BCUT2D eigenvalue weighted by Gasteiger charge is -2.23. The molecule has 1 aliphatic carbocycles. The minimum Gasteiger partial charge on any atom is -0.314 e. The lowest BCUT2D eigenvalue weighted by atomic mass is 9.86. The van der Waals surface area contributed by atoms with Gasteiger partial charge in [-0.15, -0.1) is 0 Å². The molecule has 0 aromatic heterocycles. The summed E-state index contributed by atoms with van der Waals surface area (Å²) in [4.78, 5) is 0. The van der Waals surface area contributed by atoms with Crippen molar-refractivity contribution in [1.29, 1.82) is 0 Å². The van der Waals surface area contributed by atoms with Gasteiger partial charge in [-0.2, -0.15) is 0 Å². The first kappa shape index (κ1) is 16.0. The molecule has 0 aliphatic heterocycles. The first-order valence-electron chi connectivity index (χ1n) is 8.19. The normalized spacial score (nSPS) is 16.6. The Morgan fingerprint density at radius 2 is 1.85 bits per heavy atom. The number of halogens is 1. The molecule has 112 valence electrons. The topological polar surface area (TPSA) is 12.0 Å². The molecular weight excluding hydrogens is 310 g/mol. The fourth-order valence-electron chi connectivity index (χ4n) is 2.93. The van der Waals surface area contributed by atoms with Crippen LogP contribution in [0.2, 0.25) is 0 Å². The maximum absolute atomic E-state index is 3.73. The van der Waals surface area contributed by atoms with E-state index >= 15 is 0 Å². The van der Waals surface area contributed by atoms with Crippen molar-refractivity contribution in [3.63, 3.8) is 0 Å². The van der Waals surface area contributed by atoms with Crippen LogP contribution in [-0.4, -0.2) is 12.6 Å². The summed E-state index contributed by atoms with van der Waals surface area (Å²) >= 11 is 3.70. The average Bonchev–Trinajstić information content (AvgIpc) is 3.28. The first-order chi connectivity index (χ1) is 9.72. The fraction of sp³-hybridized carbons (Fsp3) is 0.667. The van der Waals surface area contributed by atoms with E-state index in [4.69, 9.17) is 0 Å². The van der Waals surface area contributed by atoms with Crippen LogP contribution in [0.5, 0.6) is 0 Å². The van der Waals surface area contributed by atoms with Gasteiger partial charge in [0, 0.05) is 10.5 Å². The monoisotopic (exact) mass is 337 g/mol. The molecule has 0 radical (unpaired) electrons. The van der Waals surface area contributed by atoms with Gasteiger partial charge in [0.2, 0.25) is 0 Å². The van der Waals surface area contributed by atoms with E-state index in [9.17, 15) is 0 Å². The molecule has 0 heterocycles. The summed E-state index contributed by atoms with van der Waals surface area (Å²) in [6.07, 6.45) is 7.93. The second kappa shape index (κ2) is 8.19. The highest BCUT2D eigenvalue weighted by Gasteiger charge is 2.23. The minimum absolute atomic E-state index is 0.763. The van der Waals surface area contributed by atoms with Gasteiger partial charge in [0.05, 0.1) is 0 Å². The number of benzene rings is 1. The van der Waals surface area contributed by atoms with Gasteiger partial charge in [-0.1, -0.05) is 60.8 Å². The van der Waals surface area contributed by atoms with Crippen LogP contribution in [0.1, 0.15) is 51.5 Å². The summed E-state index contributed by atoms with van der Waals surface area (Å²) in [5, 5.41) is 3.73. The Kier molecular flexibility index (Phi) is 6.57. The summed E-state index contributed by atoms with van der Waals surface area (Å²) < 4.78 is 1.26. The van der Waals surface area contributed by atoms with Crippen molar-refractivity contribution in [2.75, 3.05) is 6.54 Å². The van der Waals surface area contributed by atoms with E-state index in [0.717, 1.165) is 17.9 Å². The average molecular weight is 338 g/mol. The molecule has 1 aliphatic rings.